The van der Waals surface area contributed by atoms with Gasteiger partial charge < -0.3 is 15.3 Å². The Morgan fingerprint density at radius 2 is 1.75 bits per heavy atom. The van der Waals surface area contributed by atoms with E-state index < -0.39 is 5.97 Å². The van der Waals surface area contributed by atoms with E-state index in [2.05, 4.69) is 19.9 Å². The number of aliphatic hydroxyl groups excluding tert-OH is 1. The van der Waals surface area contributed by atoms with E-state index in [4.69, 9.17) is 0 Å². The fourth-order valence-electron chi connectivity index (χ4n) is 8.55. The molecule has 0 saturated heterocycles. The van der Waals surface area contributed by atoms with E-state index in [-0.39, 0.29) is 17.4 Å². The van der Waals surface area contributed by atoms with Gasteiger partial charge in [-0.3, -0.25) is 4.79 Å². The number of benzene rings is 1. The van der Waals surface area contributed by atoms with E-state index in [1.165, 1.54) is 62.5 Å². The van der Waals surface area contributed by atoms with Crippen molar-refractivity contribution in [2.45, 2.75) is 129 Å². The van der Waals surface area contributed by atoms with Crippen molar-refractivity contribution in [3.8, 4) is 5.75 Å². The molecular weight excluding hydrogens is 448 g/mol. The Morgan fingerprint density at radius 1 is 1.03 bits per heavy atom. The van der Waals surface area contributed by atoms with Gasteiger partial charge in [0.1, 0.15) is 5.75 Å². The number of hydrogen-bond donors (Lipinski definition) is 3. The molecule has 3 unspecified atom stereocenters. The van der Waals surface area contributed by atoms with Crippen molar-refractivity contribution in [1.29, 1.82) is 0 Å². The highest BCUT2D eigenvalue weighted by Crippen LogP contribution is 2.63. The zero-order valence-electron chi connectivity index (χ0n) is 22.8. The Balaban J connectivity index is 1.26. The topological polar surface area (TPSA) is 77.8 Å². The number of hydrogen-bond acceptors (Lipinski definition) is 3. The van der Waals surface area contributed by atoms with Crippen LogP contribution in [-0.4, -0.2) is 27.4 Å². The minimum atomic E-state index is -0.621. The SMILES string of the molecule is CCC[C@@H](CCCCCCCCC[C@H]1C[C@@]2(C)C(CC[C@@H]2O)C2CCc3cc(O)ccc3C21)C(=O)O. The van der Waals surface area contributed by atoms with Gasteiger partial charge in [0, 0.05) is 0 Å². The molecule has 0 spiro atoms. The summed E-state index contributed by atoms with van der Waals surface area (Å²) >= 11 is 0. The average Bonchev–Trinajstić information content (AvgIpc) is 3.15. The number of aromatic hydroxyl groups is 1. The number of unbranched alkanes of at least 4 members (excludes halogenated alkanes) is 6. The van der Waals surface area contributed by atoms with E-state index in [0.717, 1.165) is 51.4 Å². The number of aryl methyl sites for hydroxylation is 1. The van der Waals surface area contributed by atoms with Crippen LogP contribution in [0.4, 0.5) is 0 Å². The summed E-state index contributed by atoms with van der Waals surface area (Å²) in [6.07, 6.45) is 17.7. The van der Waals surface area contributed by atoms with E-state index in [0.29, 0.717) is 29.4 Å². The summed E-state index contributed by atoms with van der Waals surface area (Å²) in [6.45, 7) is 4.44. The number of fused-ring (bicyclic) bond motifs is 5. The quantitative estimate of drug-likeness (QED) is 0.242. The average molecular weight is 499 g/mol. The molecule has 0 aliphatic heterocycles. The highest BCUT2D eigenvalue weighted by Gasteiger charge is 2.57. The third kappa shape index (κ3) is 5.95. The normalized spacial score (nSPS) is 31.9. The summed E-state index contributed by atoms with van der Waals surface area (Å²) in [5.41, 5.74) is 2.92. The van der Waals surface area contributed by atoms with Crippen LogP contribution in [0.15, 0.2) is 18.2 Å². The molecule has 4 rings (SSSR count). The van der Waals surface area contributed by atoms with Crippen LogP contribution in [0.5, 0.6) is 5.75 Å². The molecular formula is C32H50O4. The first kappa shape index (κ1) is 27.5. The molecule has 0 aromatic heterocycles. The molecule has 3 aliphatic carbocycles. The van der Waals surface area contributed by atoms with Crippen molar-refractivity contribution in [3.63, 3.8) is 0 Å². The fraction of sp³-hybridized carbons (Fsp3) is 0.781. The molecule has 4 heteroatoms. The number of carbonyl (C=O) groups is 1. The Kier molecular flexibility index (Phi) is 9.41. The van der Waals surface area contributed by atoms with E-state index >= 15 is 0 Å². The van der Waals surface area contributed by atoms with Gasteiger partial charge in [0.2, 0.25) is 0 Å². The number of carboxylic acid groups (broad SMARTS) is 1. The summed E-state index contributed by atoms with van der Waals surface area (Å²) in [5.74, 6) is 2.14. The first-order chi connectivity index (χ1) is 17.3. The largest absolute Gasteiger partial charge is 0.508 e. The fourth-order valence-corrected chi connectivity index (χ4v) is 8.55. The molecule has 0 amide bonds. The molecule has 1 aromatic carbocycles. The van der Waals surface area contributed by atoms with Crippen LogP contribution >= 0.6 is 0 Å². The number of aliphatic carboxylic acids is 1. The van der Waals surface area contributed by atoms with Crippen molar-refractivity contribution < 1.29 is 20.1 Å². The molecule has 7 atom stereocenters. The van der Waals surface area contributed by atoms with Gasteiger partial charge in [-0.25, -0.2) is 0 Å². The van der Waals surface area contributed by atoms with Gasteiger partial charge in [0.25, 0.3) is 0 Å². The third-order valence-electron chi connectivity index (χ3n) is 10.4. The van der Waals surface area contributed by atoms with Crippen LogP contribution in [0, 0.1) is 29.1 Å². The van der Waals surface area contributed by atoms with Crippen LogP contribution in [0.1, 0.15) is 127 Å². The van der Waals surface area contributed by atoms with Crippen LogP contribution in [0.2, 0.25) is 0 Å². The minimum Gasteiger partial charge on any atom is -0.508 e. The zero-order chi connectivity index (χ0) is 25.7. The molecule has 4 nitrogen and oxygen atoms in total. The lowest BCUT2D eigenvalue weighted by molar-refractivity contribution is -0.142. The molecule has 3 N–H and O–H groups in total. The number of aliphatic hydroxyl groups is 1. The Labute approximate surface area is 218 Å². The lowest BCUT2D eigenvalue weighted by atomic mass is 9.51. The van der Waals surface area contributed by atoms with Crippen LogP contribution in [0.3, 0.4) is 0 Å². The van der Waals surface area contributed by atoms with Crippen molar-refractivity contribution in [2.24, 2.45) is 29.1 Å². The predicted octanol–water partition coefficient (Wildman–Crippen LogP) is 7.85. The second kappa shape index (κ2) is 12.3. The van der Waals surface area contributed by atoms with E-state index in [9.17, 15) is 20.1 Å². The second-order valence-electron chi connectivity index (χ2n) is 12.7. The van der Waals surface area contributed by atoms with Crippen LogP contribution in [-0.2, 0) is 11.2 Å². The smallest absolute Gasteiger partial charge is 0.306 e. The molecule has 3 aliphatic rings. The van der Waals surface area contributed by atoms with Crippen LogP contribution in [0.25, 0.3) is 0 Å². The van der Waals surface area contributed by atoms with Gasteiger partial charge in [-0.1, -0.05) is 71.3 Å². The molecule has 2 saturated carbocycles. The lowest BCUT2D eigenvalue weighted by Crippen LogP contribution is -2.47. The zero-order valence-corrected chi connectivity index (χ0v) is 22.8. The Morgan fingerprint density at radius 3 is 2.47 bits per heavy atom. The molecule has 202 valence electrons. The van der Waals surface area contributed by atoms with Gasteiger partial charge >= 0.3 is 5.97 Å². The highest BCUT2D eigenvalue weighted by atomic mass is 16.4. The summed E-state index contributed by atoms with van der Waals surface area (Å²) in [6, 6.07) is 6.09. The van der Waals surface area contributed by atoms with Crippen molar-refractivity contribution in [2.75, 3.05) is 0 Å². The maximum Gasteiger partial charge on any atom is 0.306 e. The molecule has 1 aromatic rings. The van der Waals surface area contributed by atoms with E-state index in [1.807, 2.05) is 12.1 Å². The van der Waals surface area contributed by atoms with Gasteiger partial charge in [-0.15, -0.1) is 0 Å². The Hall–Kier alpha value is -1.55. The second-order valence-corrected chi connectivity index (χ2v) is 12.7. The Bertz CT molecular complexity index is 866. The van der Waals surface area contributed by atoms with Crippen LogP contribution < -0.4 is 0 Å². The first-order valence-electron chi connectivity index (χ1n) is 15.1. The van der Waals surface area contributed by atoms with Gasteiger partial charge in [0.15, 0.2) is 0 Å². The molecule has 2 fully saturated rings. The van der Waals surface area contributed by atoms with E-state index in [1.54, 1.807) is 0 Å². The van der Waals surface area contributed by atoms with Crippen molar-refractivity contribution in [1.82, 2.24) is 0 Å². The van der Waals surface area contributed by atoms with Gasteiger partial charge in [0.05, 0.1) is 12.0 Å². The number of carboxylic acids is 1. The monoisotopic (exact) mass is 498 g/mol. The lowest BCUT2D eigenvalue weighted by Gasteiger charge is -2.54. The number of phenolic OH excluding ortho intramolecular Hbond substituents is 1. The van der Waals surface area contributed by atoms with Gasteiger partial charge in [-0.05, 0) is 104 Å². The first-order valence-corrected chi connectivity index (χ1v) is 15.1. The van der Waals surface area contributed by atoms with Crippen molar-refractivity contribution in [3.05, 3.63) is 29.3 Å². The van der Waals surface area contributed by atoms with Gasteiger partial charge in [-0.2, -0.15) is 0 Å². The molecule has 36 heavy (non-hydrogen) atoms. The summed E-state index contributed by atoms with van der Waals surface area (Å²) in [7, 11) is 0. The molecule has 0 radical (unpaired) electrons. The summed E-state index contributed by atoms with van der Waals surface area (Å²) in [4.78, 5) is 11.3. The maximum absolute atomic E-state index is 11.3. The maximum atomic E-state index is 11.3. The standard InChI is InChI=1S/C32H50O4/c1-3-11-22(31(35)36)12-9-7-5-4-6-8-10-13-24-21-32(2)28(18-19-29(32)34)27-16-14-23-20-25(33)15-17-26(23)30(24)27/h15,17,20,22,24,27-30,33-34H,3-14,16,18-19,21H2,1-2H3,(H,35,36)/t22-,24-,27?,28?,29-,30?,32-/m0/s1. The number of phenols is 1. The number of rotatable bonds is 13. The third-order valence-corrected chi connectivity index (χ3v) is 10.4. The molecule has 0 heterocycles. The van der Waals surface area contributed by atoms with Crippen molar-refractivity contribution >= 4 is 5.97 Å². The summed E-state index contributed by atoms with van der Waals surface area (Å²) < 4.78 is 0. The highest BCUT2D eigenvalue weighted by molar-refractivity contribution is 5.69. The molecule has 0 bridgehead atoms. The minimum absolute atomic E-state index is 0.0752. The summed E-state index contributed by atoms with van der Waals surface area (Å²) in [5, 5.41) is 30.3. The predicted molar refractivity (Wildman–Crippen MR) is 145 cm³/mol.